The van der Waals surface area contributed by atoms with Crippen molar-refractivity contribution < 1.29 is 14.3 Å². The monoisotopic (exact) mass is 396 g/mol. The minimum Gasteiger partial charge on any atom is -0.476 e. The molecule has 0 saturated heterocycles. The summed E-state index contributed by atoms with van der Waals surface area (Å²) in [6.45, 7) is 3.47. The zero-order valence-electron chi connectivity index (χ0n) is 16.7. The van der Waals surface area contributed by atoms with Gasteiger partial charge in [-0.25, -0.2) is 4.98 Å². The number of fused-ring (bicyclic) bond motifs is 1. The first-order valence-electron chi connectivity index (χ1n) is 9.56. The lowest BCUT2D eigenvalue weighted by Gasteiger charge is -2.37. The minimum absolute atomic E-state index is 0.109. The summed E-state index contributed by atoms with van der Waals surface area (Å²) in [5.41, 5.74) is 6.16. The van der Waals surface area contributed by atoms with E-state index in [1.165, 1.54) is 6.20 Å². The van der Waals surface area contributed by atoms with Crippen LogP contribution in [0.2, 0.25) is 0 Å². The molecule has 0 bridgehead atoms. The SMILES string of the molecule is CN1C(=O)C(C)(C)Oc2cc(Nc3ncc(C(N)=O)c(NC4CCC4)n3)ccc21. The lowest BCUT2D eigenvalue weighted by Crippen LogP contribution is -2.50. The number of nitrogens with one attached hydrogen (secondary N) is 2. The van der Waals surface area contributed by atoms with Crippen LogP contribution in [0.3, 0.4) is 0 Å². The van der Waals surface area contributed by atoms with Crippen molar-refractivity contribution in [3.8, 4) is 5.75 Å². The number of carbonyl (C=O) groups is 2. The molecule has 2 heterocycles. The van der Waals surface area contributed by atoms with E-state index in [1.807, 2.05) is 6.07 Å². The molecule has 152 valence electrons. The van der Waals surface area contributed by atoms with Crippen LogP contribution >= 0.6 is 0 Å². The molecule has 9 nitrogen and oxygen atoms in total. The zero-order valence-corrected chi connectivity index (χ0v) is 16.7. The summed E-state index contributed by atoms with van der Waals surface area (Å²) in [6.07, 6.45) is 4.65. The van der Waals surface area contributed by atoms with Crippen molar-refractivity contribution in [1.82, 2.24) is 9.97 Å². The van der Waals surface area contributed by atoms with Gasteiger partial charge in [-0.3, -0.25) is 9.59 Å². The van der Waals surface area contributed by atoms with Crippen LogP contribution in [0.25, 0.3) is 0 Å². The quantitative estimate of drug-likeness (QED) is 0.709. The Balaban J connectivity index is 1.60. The van der Waals surface area contributed by atoms with Crippen molar-refractivity contribution >= 4 is 35.0 Å². The van der Waals surface area contributed by atoms with Gasteiger partial charge in [0, 0.05) is 31.0 Å². The van der Waals surface area contributed by atoms with Gasteiger partial charge in [-0.1, -0.05) is 0 Å². The third kappa shape index (κ3) is 3.55. The van der Waals surface area contributed by atoms with Crippen LogP contribution in [0.5, 0.6) is 5.75 Å². The second kappa shape index (κ2) is 6.91. The molecule has 1 saturated carbocycles. The summed E-state index contributed by atoms with van der Waals surface area (Å²) in [7, 11) is 1.72. The first-order valence-corrected chi connectivity index (χ1v) is 9.56. The largest absolute Gasteiger partial charge is 0.476 e. The van der Waals surface area contributed by atoms with Gasteiger partial charge < -0.3 is 26.0 Å². The van der Waals surface area contributed by atoms with Gasteiger partial charge in [-0.05, 0) is 45.2 Å². The highest BCUT2D eigenvalue weighted by atomic mass is 16.5. The van der Waals surface area contributed by atoms with Crippen molar-refractivity contribution in [2.75, 3.05) is 22.6 Å². The first kappa shape index (κ1) is 19.0. The number of amides is 2. The minimum atomic E-state index is -0.945. The van der Waals surface area contributed by atoms with E-state index in [1.54, 1.807) is 37.9 Å². The number of rotatable bonds is 5. The predicted octanol–water partition coefficient (Wildman–Crippen LogP) is 2.42. The Kier molecular flexibility index (Phi) is 4.52. The molecule has 0 atom stereocenters. The van der Waals surface area contributed by atoms with Crippen LogP contribution in [-0.4, -0.2) is 40.5 Å². The second-order valence-electron chi connectivity index (χ2n) is 7.88. The average molecular weight is 396 g/mol. The molecule has 0 radical (unpaired) electrons. The van der Waals surface area contributed by atoms with Gasteiger partial charge in [0.05, 0.1) is 11.3 Å². The summed E-state index contributed by atoms with van der Waals surface area (Å²) in [5, 5.41) is 6.39. The van der Waals surface area contributed by atoms with Gasteiger partial charge in [0.15, 0.2) is 5.60 Å². The van der Waals surface area contributed by atoms with Crippen LogP contribution < -0.4 is 26.0 Å². The molecule has 1 aromatic heterocycles. The maximum Gasteiger partial charge on any atom is 0.270 e. The molecule has 2 aromatic rings. The van der Waals surface area contributed by atoms with Crippen LogP contribution in [0.4, 0.5) is 23.1 Å². The predicted molar refractivity (Wildman–Crippen MR) is 110 cm³/mol. The molecule has 29 heavy (non-hydrogen) atoms. The van der Waals surface area contributed by atoms with Crippen molar-refractivity contribution in [3.63, 3.8) is 0 Å². The molecular weight excluding hydrogens is 372 g/mol. The molecule has 9 heteroatoms. The Bertz CT molecular complexity index is 986. The van der Waals surface area contributed by atoms with Crippen LogP contribution in [0.15, 0.2) is 24.4 Å². The zero-order chi connectivity index (χ0) is 20.8. The summed E-state index contributed by atoms with van der Waals surface area (Å²) in [5.74, 6) is 0.665. The van der Waals surface area contributed by atoms with Crippen molar-refractivity contribution in [2.45, 2.75) is 44.8 Å². The first-order chi connectivity index (χ1) is 13.7. The lowest BCUT2D eigenvalue weighted by atomic mass is 9.93. The Labute approximate surface area is 168 Å². The summed E-state index contributed by atoms with van der Waals surface area (Å²) in [6, 6.07) is 5.71. The number of primary amides is 1. The van der Waals surface area contributed by atoms with Gasteiger partial charge in [0.2, 0.25) is 5.95 Å². The number of nitrogens with zero attached hydrogens (tertiary/aromatic N) is 3. The van der Waals surface area contributed by atoms with Gasteiger partial charge in [0.1, 0.15) is 11.6 Å². The Hall–Kier alpha value is -3.36. The van der Waals surface area contributed by atoms with E-state index < -0.39 is 11.5 Å². The molecule has 1 aromatic carbocycles. The number of hydrogen-bond acceptors (Lipinski definition) is 7. The molecule has 0 spiro atoms. The molecule has 1 aliphatic carbocycles. The van der Waals surface area contributed by atoms with Crippen molar-refractivity contribution in [1.29, 1.82) is 0 Å². The van der Waals surface area contributed by atoms with E-state index in [9.17, 15) is 9.59 Å². The average Bonchev–Trinajstić information content (AvgIpc) is 2.62. The molecule has 4 N–H and O–H groups in total. The number of carbonyl (C=O) groups excluding carboxylic acids is 2. The van der Waals surface area contributed by atoms with E-state index in [-0.39, 0.29) is 11.5 Å². The number of anilines is 4. The number of aromatic nitrogens is 2. The molecular formula is C20H24N6O3. The second-order valence-corrected chi connectivity index (χ2v) is 7.88. The fraction of sp³-hybridized carbons (Fsp3) is 0.400. The number of likely N-dealkylation sites (N-methyl/N-ethyl adjacent to an activating group) is 1. The summed E-state index contributed by atoms with van der Waals surface area (Å²) >= 11 is 0. The number of hydrogen-bond donors (Lipinski definition) is 3. The maximum absolute atomic E-state index is 12.3. The van der Waals surface area contributed by atoms with E-state index in [4.69, 9.17) is 10.5 Å². The highest BCUT2D eigenvalue weighted by Crippen LogP contribution is 2.39. The van der Waals surface area contributed by atoms with Gasteiger partial charge in [0.25, 0.3) is 11.8 Å². The van der Waals surface area contributed by atoms with Gasteiger partial charge in [-0.2, -0.15) is 4.98 Å². The molecule has 4 rings (SSSR count). The standard InChI is InChI=1S/C20H24N6O3/c1-20(2)18(28)26(3)14-8-7-12(9-15(14)29-20)24-19-22-10-13(16(21)27)17(25-19)23-11-5-4-6-11/h7-11H,4-6H2,1-3H3,(H2,21,27)(H2,22,23,24,25). The summed E-state index contributed by atoms with van der Waals surface area (Å²) < 4.78 is 5.88. The smallest absolute Gasteiger partial charge is 0.270 e. The van der Waals surface area contributed by atoms with E-state index in [0.717, 1.165) is 19.3 Å². The molecule has 0 unspecified atom stereocenters. The fourth-order valence-electron chi connectivity index (χ4n) is 3.39. The number of nitrogens with two attached hydrogens (primary N) is 1. The van der Waals surface area contributed by atoms with Crippen molar-refractivity contribution in [3.05, 3.63) is 30.0 Å². The van der Waals surface area contributed by atoms with Gasteiger partial charge in [-0.15, -0.1) is 0 Å². The van der Waals surface area contributed by atoms with Crippen molar-refractivity contribution in [2.24, 2.45) is 5.73 Å². The van der Waals surface area contributed by atoms with E-state index >= 15 is 0 Å². The van der Waals surface area contributed by atoms with E-state index in [0.29, 0.717) is 34.9 Å². The highest BCUT2D eigenvalue weighted by molar-refractivity contribution is 6.02. The van der Waals surface area contributed by atoms with E-state index in [2.05, 4.69) is 20.6 Å². The Morgan fingerprint density at radius 1 is 1.34 bits per heavy atom. The summed E-state index contributed by atoms with van der Waals surface area (Å²) in [4.78, 5) is 34.3. The third-order valence-corrected chi connectivity index (χ3v) is 5.26. The molecule has 2 amide bonds. The maximum atomic E-state index is 12.3. The Morgan fingerprint density at radius 2 is 2.10 bits per heavy atom. The normalized spacial score (nSPS) is 17.8. The lowest BCUT2D eigenvalue weighted by molar-refractivity contribution is -0.132. The highest BCUT2D eigenvalue weighted by Gasteiger charge is 2.39. The molecule has 2 aliphatic rings. The van der Waals surface area contributed by atoms with Crippen LogP contribution in [0, 0.1) is 0 Å². The third-order valence-electron chi connectivity index (χ3n) is 5.26. The molecule has 1 aliphatic heterocycles. The van der Waals surface area contributed by atoms with Crippen LogP contribution in [-0.2, 0) is 4.79 Å². The number of benzene rings is 1. The molecule has 1 fully saturated rings. The fourth-order valence-corrected chi connectivity index (χ4v) is 3.39. The topological polar surface area (TPSA) is 122 Å². The van der Waals surface area contributed by atoms with Crippen LogP contribution in [0.1, 0.15) is 43.5 Å². The Morgan fingerprint density at radius 3 is 2.76 bits per heavy atom. The number of ether oxygens (including phenoxy) is 1. The van der Waals surface area contributed by atoms with Gasteiger partial charge >= 0.3 is 0 Å².